The van der Waals surface area contributed by atoms with Crippen LogP contribution in [0.4, 0.5) is 11.5 Å². The molecule has 1 aromatic heterocycles. The number of nitrogens with two attached hydrogens (primary N) is 1. The first-order chi connectivity index (χ1) is 7.70. The summed E-state index contributed by atoms with van der Waals surface area (Å²) in [6.07, 6.45) is 1.80. The van der Waals surface area contributed by atoms with Gasteiger partial charge >= 0.3 is 0 Å². The van der Waals surface area contributed by atoms with Crippen molar-refractivity contribution in [1.29, 1.82) is 0 Å². The van der Waals surface area contributed by atoms with E-state index >= 15 is 0 Å². The second-order valence-corrected chi connectivity index (χ2v) is 4.53. The van der Waals surface area contributed by atoms with E-state index in [1.807, 2.05) is 6.07 Å². The van der Waals surface area contributed by atoms with E-state index in [-0.39, 0.29) is 0 Å². The van der Waals surface area contributed by atoms with Gasteiger partial charge in [-0.05, 0) is 12.0 Å². The molecule has 0 aliphatic carbocycles. The lowest BCUT2D eigenvalue weighted by Crippen LogP contribution is -2.44. The van der Waals surface area contributed by atoms with Gasteiger partial charge in [-0.2, -0.15) is 0 Å². The molecule has 3 N–H and O–H groups in total. The van der Waals surface area contributed by atoms with Crippen molar-refractivity contribution >= 4 is 11.5 Å². The quantitative estimate of drug-likeness (QED) is 0.786. The molecular formula is C12H20N4. The molecule has 1 aliphatic heterocycles. The van der Waals surface area contributed by atoms with Gasteiger partial charge in [0.15, 0.2) is 0 Å². The SMILES string of the molecule is CC(C)c1c(N)ccnc1N1CCNCC1. The number of anilines is 2. The third-order valence-electron chi connectivity index (χ3n) is 3.00. The number of nitrogens with zero attached hydrogens (tertiary/aromatic N) is 2. The average molecular weight is 220 g/mol. The smallest absolute Gasteiger partial charge is 0.134 e. The molecule has 0 atom stereocenters. The lowest BCUT2D eigenvalue weighted by molar-refractivity contribution is 0.582. The zero-order chi connectivity index (χ0) is 11.5. The van der Waals surface area contributed by atoms with Crippen LogP contribution in [0, 0.1) is 0 Å². The number of aromatic nitrogens is 1. The Morgan fingerprint density at radius 3 is 2.69 bits per heavy atom. The summed E-state index contributed by atoms with van der Waals surface area (Å²) in [7, 11) is 0. The number of hydrogen-bond acceptors (Lipinski definition) is 4. The Kier molecular flexibility index (Phi) is 3.29. The standard InChI is InChI=1S/C12H20N4/c1-9(2)11-10(13)3-4-15-12(11)16-7-5-14-6-8-16/h3-4,9,14H,5-8H2,1-2H3,(H2,13,15). The Morgan fingerprint density at radius 2 is 2.06 bits per heavy atom. The van der Waals surface area contributed by atoms with E-state index in [1.54, 1.807) is 6.20 Å². The van der Waals surface area contributed by atoms with Crippen molar-refractivity contribution in [2.24, 2.45) is 0 Å². The van der Waals surface area contributed by atoms with Crippen molar-refractivity contribution in [3.8, 4) is 0 Å². The first-order valence-corrected chi connectivity index (χ1v) is 5.90. The van der Waals surface area contributed by atoms with Crippen LogP contribution in [0.25, 0.3) is 0 Å². The van der Waals surface area contributed by atoms with Crippen LogP contribution in [0.2, 0.25) is 0 Å². The number of rotatable bonds is 2. The lowest BCUT2D eigenvalue weighted by Gasteiger charge is -2.31. The fourth-order valence-electron chi connectivity index (χ4n) is 2.20. The summed E-state index contributed by atoms with van der Waals surface area (Å²) in [4.78, 5) is 6.82. The highest BCUT2D eigenvalue weighted by Gasteiger charge is 2.18. The molecule has 0 unspecified atom stereocenters. The van der Waals surface area contributed by atoms with Gasteiger partial charge in [-0.15, -0.1) is 0 Å². The zero-order valence-electron chi connectivity index (χ0n) is 10.0. The van der Waals surface area contributed by atoms with Gasteiger partial charge in [-0.25, -0.2) is 4.98 Å². The van der Waals surface area contributed by atoms with Crippen LogP contribution in [-0.2, 0) is 0 Å². The van der Waals surface area contributed by atoms with Crippen molar-refractivity contribution < 1.29 is 0 Å². The minimum absolute atomic E-state index is 0.415. The minimum Gasteiger partial charge on any atom is -0.398 e. The normalized spacial score (nSPS) is 16.8. The highest BCUT2D eigenvalue weighted by Crippen LogP contribution is 2.30. The molecule has 1 aliphatic rings. The van der Waals surface area contributed by atoms with E-state index in [4.69, 9.17) is 5.73 Å². The highest BCUT2D eigenvalue weighted by molar-refractivity contribution is 5.62. The third kappa shape index (κ3) is 2.11. The summed E-state index contributed by atoms with van der Waals surface area (Å²) < 4.78 is 0. The van der Waals surface area contributed by atoms with Gasteiger partial charge < -0.3 is 16.0 Å². The van der Waals surface area contributed by atoms with Crippen molar-refractivity contribution in [3.63, 3.8) is 0 Å². The Morgan fingerprint density at radius 1 is 1.38 bits per heavy atom. The van der Waals surface area contributed by atoms with Gasteiger partial charge in [0.25, 0.3) is 0 Å². The molecule has 4 nitrogen and oxygen atoms in total. The van der Waals surface area contributed by atoms with Gasteiger partial charge in [-0.1, -0.05) is 13.8 Å². The Labute approximate surface area is 96.8 Å². The molecule has 0 amide bonds. The van der Waals surface area contributed by atoms with Crippen LogP contribution in [-0.4, -0.2) is 31.2 Å². The Hall–Kier alpha value is -1.29. The van der Waals surface area contributed by atoms with E-state index in [1.165, 1.54) is 5.56 Å². The predicted octanol–water partition coefficient (Wildman–Crippen LogP) is 1.20. The van der Waals surface area contributed by atoms with Crippen molar-refractivity contribution in [2.75, 3.05) is 36.8 Å². The molecular weight excluding hydrogens is 200 g/mol. The molecule has 1 fully saturated rings. The predicted molar refractivity (Wildman–Crippen MR) is 67.8 cm³/mol. The molecule has 0 bridgehead atoms. The van der Waals surface area contributed by atoms with Crippen molar-refractivity contribution in [2.45, 2.75) is 19.8 Å². The van der Waals surface area contributed by atoms with Gasteiger partial charge in [0, 0.05) is 43.6 Å². The topological polar surface area (TPSA) is 54.2 Å². The summed E-state index contributed by atoms with van der Waals surface area (Å²) in [6.45, 7) is 8.40. The molecule has 0 aromatic carbocycles. The fraction of sp³-hybridized carbons (Fsp3) is 0.583. The second kappa shape index (κ2) is 4.70. The van der Waals surface area contributed by atoms with Crippen molar-refractivity contribution in [1.82, 2.24) is 10.3 Å². The highest BCUT2D eigenvalue weighted by atomic mass is 15.2. The number of piperazine rings is 1. The lowest BCUT2D eigenvalue weighted by atomic mass is 10.0. The molecule has 0 spiro atoms. The summed E-state index contributed by atoms with van der Waals surface area (Å²) in [5, 5.41) is 3.35. The maximum Gasteiger partial charge on any atom is 0.134 e. The average Bonchev–Trinajstić information content (AvgIpc) is 2.29. The molecule has 0 saturated carbocycles. The van der Waals surface area contributed by atoms with Crippen LogP contribution in [0.15, 0.2) is 12.3 Å². The van der Waals surface area contributed by atoms with E-state index in [2.05, 4.69) is 29.0 Å². The van der Waals surface area contributed by atoms with E-state index in [9.17, 15) is 0 Å². The molecule has 1 saturated heterocycles. The Bertz CT molecular complexity index is 356. The maximum atomic E-state index is 6.05. The molecule has 2 rings (SSSR count). The number of hydrogen-bond donors (Lipinski definition) is 2. The third-order valence-corrected chi connectivity index (χ3v) is 3.00. The molecule has 4 heteroatoms. The molecule has 16 heavy (non-hydrogen) atoms. The van der Waals surface area contributed by atoms with Crippen LogP contribution in [0.3, 0.4) is 0 Å². The maximum absolute atomic E-state index is 6.05. The number of nitrogen functional groups attached to an aromatic ring is 1. The molecule has 0 radical (unpaired) electrons. The largest absolute Gasteiger partial charge is 0.398 e. The fourth-order valence-corrected chi connectivity index (χ4v) is 2.20. The summed E-state index contributed by atoms with van der Waals surface area (Å²) in [5.41, 5.74) is 8.09. The molecule has 1 aromatic rings. The van der Waals surface area contributed by atoms with Gasteiger partial charge in [0.05, 0.1) is 0 Å². The number of nitrogens with one attached hydrogen (secondary N) is 1. The van der Waals surface area contributed by atoms with E-state index < -0.39 is 0 Å². The molecule has 88 valence electrons. The first kappa shape index (κ1) is 11.2. The van der Waals surface area contributed by atoms with Gasteiger partial charge in [-0.3, -0.25) is 0 Å². The summed E-state index contributed by atoms with van der Waals surface area (Å²) in [6, 6.07) is 1.89. The minimum atomic E-state index is 0.415. The first-order valence-electron chi connectivity index (χ1n) is 5.90. The van der Waals surface area contributed by atoms with Crippen LogP contribution < -0.4 is 16.0 Å². The van der Waals surface area contributed by atoms with Crippen LogP contribution in [0.5, 0.6) is 0 Å². The zero-order valence-corrected chi connectivity index (χ0v) is 10.0. The van der Waals surface area contributed by atoms with E-state index in [0.29, 0.717) is 5.92 Å². The van der Waals surface area contributed by atoms with Gasteiger partial charge in [0.2, 0.25) is 0 Å². The van der Waals surface area contributed by atoms with Crippen LogP contribution in [0.1, 0.15) is 25.3 Å². The molecule has 2 heterocycles. The van der Waals surface area contributed by atoms with Gasteiger partial charge in [0.1, 0.15) is 5.82 Å². The Balaban J connectivity index is 2.34. The number of pyridine rings is 1. The summed E-state index contributed by atoms with van der Waals surface area (Å²) >= 11 is 0. The summed E-state index contributed by atoms with van der Waals surface area (Å²) in [5.74, 6) is 1.48. The van der Waals surface area contributed by atoms with Crippen molar-refractivity contribution in [3.05, 3.63) is 17.8 Å². The van der Waals surface area contributed by atoms with Crippen LogP contribution >= 0.6 is 0 Å². The second-order valence-electron chi connectivity index (χ2n) is 4.53. The van der Waals surface area contributed by atoms with E-state index in [0.717, 1.165) is 37.7 Å². The monoisotopic (exact) mass is 220 g/mol.